The summed E-state index contributed by atoms with van der Waals surface area (Å²) in [6.45, 7) is 5.61. The van der Waals surface area contributed by atoms with Gasteiger partial charge in [-0.2, -0.15) is 13.2 Å². The van der Waals surface area contributed by atoms with Gasteiger partial charge in [0, 0.05) is 24.3 Å². The second kappa shape index (κ2) is 12.3. The van der Waals surface area contributed by atoms with Crippen LogP contribution >= 0.6 is 0 Å². The molecule has 0 fully saturated rings. The van der Waals surface area contributed by atoms with Crippen molar-refractivity contribution in [3.63, 3.8) is 0 Å². The third-order valence-corrected chi connectivity index (χ3v) is 6.17. The van der Waals surface area contributed by atoms with E-state index >= 15 is 0 Å². The zero-order valence-electron chi connectivity index (χ0n) is 22.4. The molecule has 0 spiro atoms. The number of hydrogen-bond acceptors (Lipinski definition) is 6. The lowest BCUT2D eigenvalue weighted by Crippen LogP contribution is -2.44. The number of nitrogens with zero attached hydrogens (tertiary/aromatic N) is 2. The van der Waals surface area contributed by atoms with E-state index in [1.165, 1.54) is 23.2 Å². The number of nitrogens with one attached hydrogen (secondary N) is 1. The summed E-state index contributed by atoms with van der Waals surface area (Å²) in [4.78, 5) is 17.8. The highest BCUT2D eigenvalue weighted by Crippen LogP contribution is 2.35. The largest absolute Gasteiger partial charge is 0.490 e. The minimum absolute atomic E-state index is 0.0560. The van der Waals surface area contributed by atoms with Crippen molar-refractivity contribution in [2.24, 2.45) is 5.84 Å². The highest BCUT2D eigenvalue weighted by atomic mass is 19.4. The average Bonchev–Trinajstić information content (AvgIpc) is 2.92. The first-order valence-electron chi connectivity index (χ1n) is 12.8. The van der Waals surface area contributed by atoms with Crippen molar-refractivity contribution in [2.45, 2.75) is 45.6 Å². The number of nitrogens with two attached hydrogens (primary N) is 1. The van der Waals surface area contributed by atoms with Gasteiger partial charge in [0.2, 0.25) is 5.91 Å². The maximum absolute atomic E-state index is 13.7. The minimum atomic E-state index is -4.56. The normalized spacial score (nSPS) is 12.3. The Morgan fingerprint density at radius 1 is 1.02 bits per heavy atom. The lowest BCUT2D eigenvalue weighted by molar-refractivity contribution is -0.138. The fourth-order valence-corrected chi connectivity index (χ4v) is 4.36. The summed E-state index contributed by atoms with van der Waals surface area (Å²) in [5, 5.41) is 5.69. The van der Waals surface area contributed by atoms with Gasteiger partial charge in [0.05, 0.1) is 24.0 Å². The number of benzene rings is 3. The number of halogens is 3. The minimum Gasteiger partial charge on any atom is -0.490 e. The highest BCUT2D eigenvalue weighted by Gasteiger charge is 2.34. The fraction of sp³-hybridized carbons (Fsp3) is 0.267. The molecule has 3 N–H and O–H groups in total. The number of fused-ring (bicyclic) bond motifs is 1. The van der Waals surface area contributed by atoms with Crippen LogP contribution in [0.15, 0.2) is 79.1 Å². The third-order valence-electron chi connectivity index (χ3n) is 6.17. The molecule has 4 aromatic rings. The smallest absolute Gasteiger partial charge is 0.416 e. The molecule has 1 amide bonds. The van der Waals surface area contributed by atoms with Gasteiger partial charge in [-0.1, -0.05) is 30.3 Å². The van der Waals surface area contributed by atoms with Crippen molar-refractivity contribution in [2.75, 3.05) is 11.6 Å². The summed E-state index contributed by atoms with van der Waals surface area (Å²) in [6, 6.07) is 16.3. The summed E-state index contributed by atoms with van der Waals surface area (Å²) in [5.74, 6) is 6.91. The molecular weight excluding hydrogens is 521 g/mol. The maximum Gasteiger partial charge on any atom is 0.416 e. The molecule has 0 aliphatic carbocycles. The molecule has 0 aliphatic heterocycles. The lowest BCUT2D eigenvalue weighted by atomic mass is 10.0. The number of alkyl halides is 3. The Bertz CT molecular complexity index is 1480. The standard InChI is InChI=1S/C30H31F3N4O3/c1-4-39-27-16-21(10-12-26(27)40-19(2)3)28(37(34)24-11-9-22-17-35-14-13-20(22)15-24)29(38)36-18-23-7-5-6-8-25(23)30(31,32)33/h5-17,19,28H,4,18,34H2,1-3H3,(H,36,38). The summed E-state index contributed by atoms with van der Waals surface area (Å²) >= 11 is 0. The summed E-state index contributed by atoms with van der Waals surface area (Å²) in [5.41, 5.74) is 0.126. The quantitative estimate of drug-likeness (QED) is 0.181. The highest BCUT2D eigenvalue weighted by molar-refractivity contribution is 5.89. The van der Waals surface area contributed by atoms with E-state index in [1.807, 2.05) is 39.0 Å². The molecule has 3 aromatic carbocycles. The SMILES string of the molecule is CCOc1cc(C(C(=O)NCc2ccccc2C(F)(F)F)N(N)c2ccc3cnccc3c2)ccc1OC(C)C. The van der Waals surface area contributed by atoms with Gasteiger partial charge in [0.1, 0.15) is 6.04 Å². The topological polar surface area (TPSA) is 89.7 Å². The van der Waals surface area contributed by atoms with Crippen LogP contribution in [0.2, 0.25) is 0 Å². The molecule has 0 saturated heterocycles. The molecule has 10 heteroatoms. The summed E-state index contributed by atoms with van der Waals surface area (Å²) in [6.07, 6.45) is -1.31. The molecule has 1 unspecified atom stereocenters. The van der Waals surface area contributed by atoms with Crippen LogP contribution in [0.1, 0.15) is 43.5 Å². The van der Waals surface area contributed by atoms with E-state index in [2.05, 4.69) is 10.3 Å². The van der Waals surface area contributed by atoms with Crippen molar-refractivity contribution in [1.29, 1.82) is 0 Å². The number of carbonyl (C=O) groups is 1. The first kappa shape index (κ1) is 28.7. The molecule has 0 bridgehead atoms. The first-order valence-corrected chi connectivity index (χ1v) is 12.8. The zero-order valence-corrected chi connectivity index (χ0v) is 22.4. The van der Waals surface area contributed by atoms with Crippen molar-refractivity contribution in [1.82, 2.24) is 10.3 Å². The average molecular weight is 553 g/mol. The van der Waals surface area contributed by atoms with Gasteiger partial charge >= 0.3 is 6.18 Å². The number of amides is 1. The van der Waals surface area contributed by atoms with Gasteiger partial charge in [-0.15, -0.1) is 0 Å². The van der Waals surface area contributed by atoms with E-state index < -0.39 is 23.7 Å². The van der Waals surface area contributed by atoms with E-state index in [4.69, 9.17) is 15.3 Å². The lowest BCUT2D eigenvalue weighted by Gasteiger charge is -2.30. The van der Waals surface area contributed by atoms with Crippen molar-refractivity contribution < 1.29 is 27.4 Å². The maximum atomic E-state index is 13.7. The number of ether oxygens (including phenoxy) is 2. The third kappa shape index (κ3) is 6.63. The molecule has 0 aliphatic rings. The number of anilines is 1. The Kier molecular flexibility index (Phi) is 8.79. The zero-order chi connectivity index (χ0) is 28.9. The number of aromatic nitrogens is 1. The van der Waals surface area contributed by atoms with Crippen LogP contribution < -0.4 is 25.6 Å². The Morgan fingerprint density at radius 2 is 1.80 bits per heavy atom. The van der Waals surface area contributed by atoms with Gasteiger partial charge in [0.15, 0.2) is 11.5 Å². The summed E-state index contributed by atoms with van der Waals surface area (Å²) in [7, 11) is 0. The Labute approximate surface area is 230 Å². The van der Waals surface area contributed by atoms with Crippen LogP contribution in [0.4, 0.5) is 18.9 Å². The van der Waals surface area contributed by atoms with Gasteiger partial charge < -0.3 is 14.8 Å². The number of hydrazine groups is 1. The number of hydrogen-bond donors (Lipinski definition) is 2. The van der Waals surface area contributed by atoms with E-state index in [9.17, 15) is 18.0 Å². The Morgan fingerprint density at radius 3 is 2.52 bits per heavy atom. The van der Waals surface area contributed by atoms with E-state index in [0.717, 1.165) is 16.8 Å². The second-order valence-electron chi connectivity index (χ2n) is 9.40. The van der Waals surface area contributed by atoms with E-state index in [1.54, 1.807) is 36.7 Å². The Hall–Kier alpha value is -4.31. The number of carbonyl (C=O) groups excluding carboxylic acids is 1. The molecule has 1 atom stereocenters. The van der Waals surface area contributed by atoms with Gasteiger partial charge in [-0.3, -0.25) is 14.8 Å². The van der Waals surface area contributed by atoms with E-state index in [-0.39, 0.29) is 18.2 Å². The number of pyridine rings is 1. The van der Waals surface area contributed by atoms with Crippen LogP contribution in [-0.4, -0.2) is 23.6 Å². The molecule has 210 valence electrons. The predicted octanol–water partition coefficient (Wildman–Crippen LogP) is 6.18. The van der Waals surface area contributed by atoms with Crippen LogP contribution in [0.25, 0.3) is 10.8 Å². The summed E-state index contributed by atoms with van der Waals surface area (Å²) < 4.78 is 52.3. The van der Waals surface area contributed by atoms with Gasteiger partial charge in [-0.25, -0.2) is 5.84 Å². The van der Waals surface area contributed by atoms with Gasteiger partial charge in [-0.05, 0) is 73.7 Å². The molecule has 4 rings (SSSR count). The molecule has 7 nitrogen and oxygen atoms in total. The van der Waals surface area contributed by atoms with E-state index in [0.29, 0.717) is 29.4 Å². The molecule has 1 aromatic heterocycles. The predicted molar refractivity (Wildman–Crippen MR) is 148 cm³/mol. The fourth-order valence-electron chi connectivity index (χ4n) is 4.36. The molecule has 1 heterocycles. The molecule has 40 heavy (non-hydrogen) atoms. The van der Waals surface area contributed by atoms with Crippen molar-refractivity contribution in [3.8, 4) is 11.5 Å². The van der Waals surface area contributed by atoms with Gasteiger partial charge in [0.25, 0.3) is 0 Å². The van der Waals surface area contributed by atoms with Crippen LogP contribution in [0.5, 0.6) is 11.5 Å². The number of rotatable bonds is 10. The molecular formula is C30H31F3N4O3. The van der Waals surface area contributed by atoms with Crippen molar-refractivity contribution >= 4 is 22.4 Å². The Balaban J connectivity index is 1.72. The monoisotopic (exact) mass is 552 g/mol. The molecule has 0 saturated carbocycles. The van der Waals surface area contributed by atoms with Crippen LogP contribution in [0.3, 0.4) is 0 Å². The first-order chi connectivity index (χ1) is 19.1. The second-order valence-corrected chi connectivity index (χ2v) is 9.40. The van der Waals surface area contributed by atoms with Crippen LogP contribution in [-0.2, 0) is 17.5 Å². The molecule has 0 radical (unpaired) electrons. The van der Waals surface area contributed by atoms with Crippen molar-refractivity contribution in [3.05, 3.63) is 95.8 Å². The van der Waals surface area contributed by atoms with Crippen LogP contribution in [0, 0.1) is 0 Å².